The van der Waals surface area contributed by atoms with Gasteiger partial charge >= 0.3 is 0 Å². The van der Waals surface area contributed by atoms with Gasteiger partial charge < -0.3 is 4.42 Å². The Labute approximate surface area is 304 Å². The molecule has 0 atom stereocenters. The van der Waals surface area contributed by atoms with Crippen molar-refractivity contribution < 1.29 is 4.42 Å². The summed E-state index contributed by atoms with van der Waals surface area (Å²) < 4.78 is 6.26. The summed E-state index contributed by atoms with van der Waals surface area (Å²) >= 11 is 0. The van der Waals surface area contributed by atoms with Crippen molar-refractivity contribution in [1.82, 2.24) is 15.0 Å². The van der Waals surface area contributed by atoms with E-state index in [9.17, 15) is 0 Å². The van der Waals surface area contributed by atoms with Crippen LogP contribution in [0.2, 0.25) is 0 Å². The number of aromatic nitrogens is 3. The van der Waals surface area contributed by atoms with Crippen molar-refractivity contribution in [2.45, 2.75) is 57.8 Å². The Morgan fingerprint density at radius 2 is 1.02 bits per heavy atom. The monoisotopic (exact) mass is 673 g/mol. The molecule has 2 aliphatic carbocycles. The first-order chi connectivity index (χ1) is 25.1. The molecule has 10 rings (SSSR count). The topological polar surface area (TPSA) is 51.8 Å². The van der Waals surface area contributed by atoms with E-state index in [2.05, 4.69) is 120 Å². The maximum atomic E-state index is 6.26. The molecule has 0 bridgehead atoms. The second-order valence-electron chi connectivity index (χ2n) is 16.0. The second kappa shape index (κ2) is 10.6. The number of hydrogen-bond donors (Lipinski definition) is 0. The van der Waals surface area contributed by atoms with Crippen molar-refractivity contribution in [3.8, 4) is 56.4 Å². The van der Waals surface area contributed by atoms with Crippen molar-refractivity contribution in [1.29, 1.82) is 0 Å². The van der Waals surface area contributed by atoms with Crippen molar-refractivity contribution >= 4 is 21.9 Å². The fourth-order valence-corrected chi connectivity index (χ4v) is 8.99. The molecule has 0 N–H and O–H groups in total. The molecule has 0 fully saturated rings. The maximum Gasteiger partial charge on any atom is 0.164 e. The first-order valence-electron chi connectivity index (χ1n) is 18.2. The molecule has 8 aromatic rings. The molecule has 0 radical (unpaired) electrons. The van der Waals surface area contributed by atoms with Gasteiger partial charge in [-0.2, -0.15) is 0 Å². The molecule has 0 saturated heterocycles. The number of hydrogen-bond acceptors (Lipinski definition) is 4. The molecule has 0 amide bonds. The smallest absolute Gasteiger partial charge is 0.164 e. The Morgan fingerprint density at radius 1 is 0.423 bits per heavy atom. The van der Waals surface area contributed by atoms with E-state index in [1.54, 1.807) is 0 Å². The number of nitrogens with zero attached hydrogens (tertiary/aromatic N) is 3. The molecule has 4 heteroatoms. The summed E-state index contributed by atoms with van der Waals surface area (Å²) in [6.07, 6.45) is 0. The summed E-state index contributed by atoms with van der Waals surface area (Å²) in [4.78, 5) is 15.5. The zero-order valence-electron chi connectivity index (χ0n) is 30.4. The van der Waals surface area contributed by atoms with Gasteiger partial charge in [-0.3, -0.25) is 0 Å². The SMILES string of the molecule is CC1(C)c2cc(-c3nc(-c4ccccc4)nc(-c4cccc5oc6ccccc6c45)n3)ccc2-c2c1ccc1c2-c2ccccc2C(C)(C)C1(C)C. The van der Waals surface area contributed by atoms with E-state index in [1.807, 2.05) is 48.5 Å². The van der Waals surface area contributed by atoms with Gasteiger partial charge in [0.2, 0.25) is 0 Å². The van der Waals surface area contributed by atoms with E-state index in [0.717, 1.165) is 38.6 Å². The van der Waals surface area contributed by atoms with Crippen LogP contribution in [0.3, 0.4) is 0 Å². The molecule has 252 valence electrons. The van der Waals surface area contributed by atoms with Crippen molar-refractivity contribution in [2.75, 3.05) is 0 Å². The summed E-state index contributed by atoms with van der Waals surface area (Å²) in [7, 11) is 0. The molecule has 4 nitrogen and oxygen atoms in total. The van der Waals surface area contributed by atoms with Crippen LogP contribution >= 0.6 is 0 Å². The third-order valence-electron chi connectivity index (χ3n) is 12.5. The highest BCUT2D eigenvalue weighted by atomic mass is 16.3. The minimum atomic E-state index is -0.221. The van der Waals surface area contributed by atoms with E-state index >= 15 is 0 Å². The summed E-state index contributed by atoms with van der Waals surface area (Å²) in [5.41, 5.74) is 15.1. The number of furan rings is 1. The Hall–Kier alpha value is -5.87. The first-order valence-corrected chi connectivity index (χ1v) is 18.2. The second-order valence-corrected chi connectivity index (χ2v) is 16.0. The molecule has 2 aromatic heterocycles. The number of benzene rings is 6. The normalized spacial score (nSPS) is 16.0. The summed E-state index contributed by atoms with van der Waals surface area (Å²) in [6, 6.07) is 45.1. The summed E-state index contributed by atoms with van der Waals surface area (Å²) in [6.45, 7) is 14.3. The van der Waals surface area contributed by atoms with Gasteiger partial charge in [-0.15, -0.1) is 0 Å². The molecule has 52 heavy (non-hydrogen) atoms. The Morgan fingerprint density at radius 3 is 1.85 bits per heavy atom. The van der Waals surface area contributed by atoms with Crippen LogP contribution in [0.25, 0.3) is 78.4 Å². The quantitative estimate of drug-likeness (QED) is 0.187. The zero-order valence-corrected chi connectivity index (χ0v) is 30.4. The van der Waals surface area contributed by atoms with Gasteiger partial charge in [-0.1, -0.05) is 151 Å². The van der Waals surface area contributed by atoms with Crippen LogP contribution in [0, 0.1) is 0 Å². The fourth-order valence-electron chi connectivity index (χ4n) is 8.99. The first kappa shape index (κ1) is 30.9. The van der Waals surface area contributed by atoms with Crippen LogP contribution < -0.4 is 0 Å². The molecule has 6 aromatic carbocycles. The lowest BCUT2D eigenvalue weighted by molar-refractivity contribution is 0.299. The van der Waals surface area contributed by atoms with E-state index in [1.165, 1.54) is 44.5 Å². The Kier molecular flexibility index (Phi) is 6.29. The Bertz CT molecular complexity index is 2770. The molecule has 2 heterocycles. The molecular weight excluding hydrogens is 635 g/mol. The Balaban J connectivity index is 1.19. The van der Waals surface area contributed by atoms with Gasteiger partial charge in [0.05, 0.1) is 0 Å². The van der Waals surface area contributed by atoms with Gasteiger partial charge in [0.1, 0.15) is 11.2 Å². The number of para-hydroxylation sites is 1. The zero-order chi connectivity index (χ0) is 35.6. The molecular formula is C48H39N3O. The van der Waals surface area contributed by atoms with Gasteiger partial charge in [0.25, 0.3) is 0 Å². The molecule has 0 spiro atoms. The fraction of sp³-hybridized carbons (Fsp3) is 0.188. The highest BCUT2D eigenvalue weighted by Gasteiger charge is 2.48. The standard InChI is InChI=1S/C48H39N3O/c1-46(2)35-25-26-36-42(30-17-10-12-20-34(30)47(3,4)48(36,5)6)41(35)31-24-23-29(27-37(31)46)44-49-43(28-15-8-7-9-16-28)50-45(51-44)33-19-14-22-39-40(33)32-18-11-13-21-38(32)52-39/h7-27H,1-6H3. The maximum absolute atomic E-state index is 6.26. The summed E-state index contributed by atoms with van der Waals surface area (Å²) in [5, 5.41) is 2.06. The van der Waals surface area contributed by atoms with Crippen molar-refractivity contribution in [2.24, 2.45) is 0 Å². The minimum absolute atomic E-state index is 0.0223. The van der Waals surface area contributed by atoms with Crippen LogP contribution in [0.15, 0.2) is 132 Å². The minimum Gasteiger partial charge on any atom is -0.456 e. The highest BCUT2D eigenvalue weighted by molar-refractivity contribution is 6.11. The van der Waals surface area contributed by atoms with Crippen LogP contribution in [0.4, 0.5) is 0 Å². The van der Waals surface area contributed by atoms with Gasteiger partial charge in [0, 0.05) is 32.9 Å². The van der Waals surface area contributed by atoms with Gasteiger partial charge in [-0.05, 0) is 73.5 Å². The highest BCUT2D eigenvalue weighted by Crippen LogP contribution is 2.60. The van der Waals surface area contributed by atoms with E-state index in [-0.39, 0.29) is 16.2 Å². The van der Waals surface area contributed by atoms with Crippen LogP contribution in [0.5, 0.6) is 0 Å². The average molecular weight is 674 g/mol. The number of rotatable bonds is 3. The van der Waals surface area contributed by atoms with Crippen LogP contribution in [-0.2, 0) is 16.2 Å². The largest absolute Gasteiger partial charge is 0.456 e. The van der Waals surface area contributed by atoms with Gasteiger partial charge in [0.15, 0.2) is 17.5 Å². The molecule has 0 aliphatic heterocycles. The van der Waals surface area contributed by atoms with Crippen LogP contribution in [0.1, 0.15) is 63.8 Å². The number of fused-ring (bicyclic) bond motifs is 10. The third-order valence-corrected chi connectivity index (χ3v) is 12.5. The lowest BCUT2D eigenvalue weighted by Crippen LogP contribution is -2.43. The molecule has 0 saturated carbocycles. The van der Waals surface area contributed by atoms with Crippen molar-refractivity contribution in [3.05, 3.63) is 150 Å². The lowest BCUT2D eigenvalue weighted by atomic mass is 9.54. The van der Waals surface area contributed by atoms with Crippen molar-refractivity contribution in [3.63, 3.8) is 0 Å². The average Bonchev–Trinajstić information content (AvgIpc) is 3.66. The molecule has 2 aliphatic rings. The van der Waals surface area contributed by atoms with E-state index in [4.69, 9.17) is 19.4 Å². The molecule has 0 unspecified atom stereocenters. The lowest BCUT2D eigenvalue weighted by Gasteiger charge is -2.49. The predicted octanol–water partition coefficient (Wildman–Crippen LogP) is 12.3. The summed E-state index contributed by atoms with van der Waals surface area (Å²) in [5.74, 6) is 1.92. The third kappa shape index (κ3) is 4.12. The van der Waals surface area contributed by atoms with E-state index < -0.39 is 0 Å². The van der Waals surface area contributed by atoms with Gasteiger partial charge in [-0.25, -0.2) is 15.0 Å². The predicted molar refractivity (Wildman–Crippen MR) is 212 cm³/mol. The van der Waals surface area contributed by atoms with Crippen LogP contribution in [-0.4, -0.2) is 15.0 Å². The van der Waals surface area contributed by atoms with E-state index in [0.29, 0.717) is 17.5 Å².